The van der Waals surface area contributed by atoms with Crippen molar-refractivity contribution in [2.45, 2.75) is 20.4 Å². The van der Waals surface area contributed by atoms with Crippen molar-refractivity contribution in [2.24, 2.45) is 0 Å². The molecule has 0 spiro atoms. The van der Waals surface area contributed by atoms with Gasteiger partial charge in [-0.1, -0.05) is 12.1 Å². The molecule has 0 aliphatic heterocycles. The van der Waals surface area contributed by atoms with Crippen LogP contribution in [0.5, 0.6) is 0 Å². The molecule has 19 heavy (non-hydrogen) atoms. The lowest BCUT2D eigenvalue weighted by Gasteiger charge is -2.10. The third kappa shape index (κ3) is 3.02. The number of aromatic nitrogens is 1. The predicted octanol–water partition coefficient (Wildman–Crippen LogP) is 3.16. The fourth-order valence-electron chi connectivity index (χ4n) is 2.02. The van der Waals surface area contributed by atoms with Gasteiger partial charge in [0.25, 0.3) is 0 Å². The molecular weight excluding hydrogens is 245 g/mol. The van der Waals surface area contributed by atoms with Gasteiger partial charge in [-0.05, 0) is 43.2 Å². The number of ether oxygens (including phenoxy) is 1. The van der Waals surface area contributed by atoms with Gasteiger partial charge in [0.1, 0.15) is 11.5 Å². The minimum Gasteiger partial charge on any atom is -0.461 e. The molecule has 0 radical (unpaired) electrons. The van der Waals surface area contributed by atoms with E-state index in [4.69, 9.17) is 4.74 Å². The average molecular weight is 261 g/mol. The highest BCUT2D eigenvalue weighted by Crippen LogP contribution is 2.14. The maximum absolute atomic E-state index is 13.2. The number of nitrogens with zero attached hydrogens (tertiary/aromatic N) is 1. The van der Waals surface area contributed by atoms with Crippen molar-refractivity contribution in [3.05, 3.63) is 59.2 Å². The lowest BCUT2D eigenvalue weighted by Crippen LogP contribution is -2.13. The standard InChI is InChI=1S/C15H16FNO2/c1-3-19-15(18)14-11(2)7-8-17(14)10-12-5-4-6-13(16)9-12/h4-9H,3,10H2,1-2H3. The number of hydrogen-bond donors (Lipinski definition) is 0. The number of benzene rings is 1. The summed E-state index contributed by atoms with van der Waals surface area (Å²) < 4.78 is 20.0. The zero-order valence-corrected chi connectivity index (χ0v) is 11.0. The van der Waals surface area contributed by atoms with Crippen molar-refractivity contribution in [3.8, 4) is 0 Å². The van der Waals surface area contributed by atoms with E-state index in [2.05, 4.69) is 0 Å². The minimum absolute atomic E-state index is 0.279. The molecule has 4 heteroatoms. The van der Waals surface area contributed by atoms with E-state index in [0.717, 1.165) is 11.1 Å². The van der Waals surface area contributed by atoms with E-state index < -0.39 is 0 Å². The van der Waals surface area contributed by atoms with Crippen LogP contribution in [0.1, 0.15) is 28.5 Å². The molecule has 0 saturated heterocycles. The van der Waals surface area contributed by atoms with E-state index in [1.807, 2.05) is 25.3 Å². The first-order chi connectivity index (χ1) is 9.11. The van der Waals surface area contributed by atoms with Crippen LogP contribution in [-0.2, 0) is 11.3 Å². The zero-order chi connectivity index (χ0) is 13.8. The van der Waals surface area contributed by atoms with Crippen LogP contribution in [0.25, 0.3) is 0 Å². The maximum Gasteiger partial charge on any atom is 0.355 e. The molecule has 0 aliphatic rings. The fourth-order valence-corrected chi connectivity index (χ4v) is 2.02. The molecule has 0 bridgehead atoms. The van der Waals surface area contributed by atoms with Crippen molar-refractivity contribution in [2.75, 3.05) is 6.61 Å². The number of halogens is 1. The van der Waals surface area contributed by atoms with E-state index in [9.17, 15) is 9.18 Å². The summed E-state index contributed by atoms with van der Waals surface area (Å²) >= 11 is 0. The van der Waals surface area contributed by atoms with Gasteiger partial charge in [0.05, 0.1) is 6.61 Å². The molecule has 0 unspecified atom stereocenters. The second kappa shape index (κ2) is 5.69. The SMILES string of the molecule is CCOC(=O)c1c(C)ccn1Cc1cccc(F)c1. The maximum atomic E-state index is 13.2. The van der Waals surface area contributed by atoms with Gasteiger partial charge < -0.3 is 9.30 Å². The molecule has 2 aromatic rings. The van der Waals surface area contributed by atoms with Gasteiger partial charge in [-0.25, -0.2) is 9.18 Å². The average Bonchev–Trinajstić information content (AvgIpc) is 2.71. The highest BCUT2D eigenvalue weighted by Gasteiger charge is 2.15. The van der Waals surface area contributed by atoms with Crippen LogP contribution in [0, 0.1) is 12.7 Å². The molecule has 0 fully saturated rings. The second-order valence-corrected chi connectivity index (χ2v) is 4.33. The van der Waals surface area contributed by atoms with Gasteiger partial charge in [-0.3, -0.25) is 0 Å². The van der Waals surface area contributed by atoms with Gasteiger partial charge in [-0.2, -0.15) is 0 Å². The van der Waals surface area contributed by atoms with Gasteiger partial charge in [0, 0.05) is 12.7 Å². The molecule has 0 saturated carbocycles. The van der Waals surface area contributed by atoms with Crippen molar-refractivity contribution in [1.29, 1.82) is 0 Å². The predicted molar refractivity (Wildman–Crippen MR) is 70.6 cm³/mol. The smallest absolute Gasteiger partial charge is 0.355 e. The third-order valence-electron chi connectivity index (χ3n) is 2.88. The Morgan fingerprint density at radius 3 is 2.84 bits per heavy atom. The van der Waals surface area contributed by atoms with Gasteiger partial charge in [-0.15, -0.1) is 0 Å². The zero-order valence-electron chi connectivity index (χ0n) is 11.0. The number of hydrogen-bond acceptors (Lipinski definition) is 2. The second-order valence-electron chi connectivity index (χ2n) is 4.33. The summed E-state index contributed by atoms with van der Waals surface area (Å²) in [6.07, 6.45) is 1.81. The number of rotatable bonds is 4. The van der Waals surface area contributed by atoms with E-state index >= 15 is 0 Å². The first-order valence-electron chi connectivity index (χ1n) is 6.19. The Morgan fingerprint density at radius 1 is 1.37 bits per heavy atom. The largest absolute Gasteiger partial charge is 0.461 e. The molecule has 0 aliphatic carbocycles. The van der Waals surface area contributed by atoms with E-state index in [-0.39, 0.29) is 11.8 Å². The molecule has 1 aromatic heterocycles. The van der Waals surface area contributed by atoms with E-state index in [0.29, 0.717) is 18.8 Å². The minimum atomic E-state index is -0.346. The molecule has 1 aromatic carbocycles. The van der Waals surface area contributed by atoms with Crippen LogP contribution in [0.15, 0.2) is 36.5 Å². The number of carbonyl (C=O) groups is 1. The van der Waals surface area contributed by atoms with Crippen molar-refractivity contribution < 1.29 is 13.9 Å². The third-order valence-corrected chi connectivity index (χ3v) is 2.88. The van der Waals surface area contributed by atoms with Crippen LogP contribution in [-0.4, -0.2) is 17.1 Å². The Morgan fingerprint density at radius 2 is 2.16 bits per heavy atom. The molecule has 0 amide bonds. The van der Waals surface area contributed by atoms with Gasteiger partial charge in [0.15, 0.2) is 0 Å². The summed E-state index contributed by atoms with van der Waals surface area (Å²) in [4.78, 5) is 11.9. The molecule has 0 N–H and O–H groups in total. The molecule has 3 nitrogen and oxygen atoms in total. The first kappa shape index (κ1) is 13.3. The fraction of sp³-hybridized carbons (Fsp3) is 0.267. The molecule has 100 valence electrons. The Hall–Kier alpha value is -2.10. The lowest BCUT2D eigenvalue weighted by atomic mass is 10.2. The van der Waals surface area contributed by atoms with Crippen LogP contribution in [0.3, 0.4) is 0 Å². The monoisotopic (exact) mass is 261 g/mol. The van der Waals surface area contributed by atoms with Crippen LogP contribution in [0.4, 0.5) is 4.39 Å². The number of carbonyl (C=O) groups excluding carboxylic acids is 1. The van der Waals surface area contributed by atoms with Crippen LogP contribution < -0.4 is 0 Å². The van der Waals surface area contributed by atoms with Crippen LogP contribution >= 0.6 is 0 Å². The summed E-state index contributed by atoms with van der Waals surface area (Å²) in [5, 5.41) is 0. The Balaban J connectivity index is 2.28. The van der Waals surface area contributed by atoms with Gasteiger partial charge in [0.2, 0.25) is 0 Å². The Kier molecular flexibility index (Phi) is 4.00. The summed E-state index contributed by atoms with van der Waals surface area (Å²) in [7, 11) is 0. The molecule has 2 rings (SSSR count). The first-order valence-corrected chi connectivity index (χ1v) is 6.19. The number of aryl methyl sites for hydroxylation is 1. The number of esters is 1. The highest BCUT2D eigenvalue weighted by molar-refractivity contribution is 5.89. The van der Waals surface area contributed by atoms with E-state index in [1.54, 1.807) is 17.6 Å². The molecule has 1 heterocycles. The Bertz CT molecular complexity index is 590. The van der Waals surface area contributed by atoms with Crippen LogP contribution in [0.2, 0.25) is 0 Å². The Labute approximate surface area is 111 Å². The lowest BCUT2D eigenvalue weighted by molar-refractivity contribution is 0.0513. The van der Waals surface area contributed by atoms with Gasteiger partial charge >= 0.3 is 5.97 Å². The highest BCUT2D eigenvalue weighted by atomic mass is 19.1. The van der Waals surface area contributed by atoms with Crippen molar-refractivity contribution in [3.63, 3.8) is 0 Å². The summed E-state index contributed by atoms with van der Waals surface area (Å²) in [5.41, 5.74) is 2.18. The quantitative estimate of drug-likeness (QED) is 0.792. The summed E-state index contributed by atoms with van der Waals surface area (Å²) in [6, 6.07) is 8.20. The summed E-state index contributed by atoms with van der Waals surface area (Å²) in [6.45, 7) is 4.41. The summed E-state index contributed by atoms with van der Waals surface area (Å²) in [5.74, 6) is -0.625. The van der Waals surface area contributed by atoms with E-state index in [1.165, 1.54) is 12.1 Å². The normalized spacial score (nSPS) is 10.5. The molecular formula is C15H16FNO2. The van der Waals surface area contributed by atoms with Crippen molar-refractivity contribution >= 4 is 5.97 Å². The molecule has 0 atom stereocenters. The topological polar surface area (TPSA) is 31.2 Å². The van der Waals surface area contributed by atoms with Crippen molar-refractivity contribution in [1.82, 2.24) is 4.57 Å².